The van der Waals surface area contributed by atoms with Crippen LogP contribution in [-0.4, -0.2) is 24.0 Å². The van der Waals surface area contributed by atoms with Crippen molar-refractivity contribution in [3.05, 3.63) is 28.5 Å². The van der Waals surface area contributed by atoms with E-state index in [0.29, 0.717) is 11.8 Å². The maximum atomic E-state index is 12.2. The summed E-state index contributed by atoms with van der Waals surface area (Å²) in [4.78, 5) is 25.0. The van der Waals surface area contributed by atoms with Gasteiger partial charge in [-0.25, -0.2) is 4.79 Å². The Morgan fingerprint density at radius 3 is 2.87 bits per heavy atom. The molecule has 126 valence electrons. The van der Waals surface area contributed by atoms with Gasteiger partial charge >= 0.3 is 5.97 Å². The van der Waals surface area contributed by atoms with Crippen LogP contribution in [0.1, 0.15) is 44.9 Å². The minimum atomic E-state index is -0.778. The molecule has 0 radical (unpaired) electrons. The van der Waals surface area contributed by atoms with Gasteiger partial charge in [0.2, 0.25) is 0 Å². The van der Waals surface area contributed by atoms with Gasteiger partial charge in [0.15, 0.2) is 6.10 Å². The molecule has 1 aliphatic carbocycles. The zero-order chi connectivity index (χ0) is 16.8. The third-order valence-corrected chi connectivity index (χ3v) is 5.46. The van der Waals surface area contributed by atoms with Crippen LogP contribution in [0.25, 0.3) is 6.08 Å². The number of esters is 1. The molecule has 0 bridgehead atoms. The van der Waals surface area contributed by atoms with Crippen LogP contribution in [-0.2, 0) is 14.3 Å². The van der Waals surface area contributed by atoms with Crippen LogP contribution in [0.15, 0.2) is 23.6 Å². The summed E-state index contributed by atoms with van der Waals surface area (Å²) < 4.78 is 5.18. The smallest absolute Gasteiger partial charge is 0.331 e. The van der Waals surface area contributed by atoms with E-state index in [1.54, 1.807) is 13.0 Å². The number of rotatable bonds is 5. The van der Waals surface area contributed by atoms with Crippen molar-refractivity contribution in [3.8, 4) is 0 Å². The zero-order valence-electron chi connectivity index (χ0n) is 14.0. The summed E-state index contributed by atoms with van der Waals surface area (Å²) in [6.45, 7) is 6.01. The molecule has 1 saturated carbocycles. The highest BCUT2D eigenvalue weighted by Crippen LogP contribution is 2.29. The normalized spacial score (nSPS) is 26.0. The number of nitrogens with one attached hydrogen (secondary N) is 1. The number of hydrogen-bond donors (Lipinski definition) is 1. The Hall–Kier alpha value is -1.62. The lowest BCUT2D eigenvalue weighted by Crippen LogP contribution is -2.47. The lowest BCUT2D eigenvalue weighted by atomic mass is 9.78. The van der Waals surface area contributed by atoms with Crippen molar-refractivity contribution in [1.29, 1.82) is 0 Å². The van der Waals surface area contributed by atoms with Gasteiger partial charge in [-0.05, 0) is 42.7 Å². The standard InChI is InChI=1S/C18H25NO3S/c1-12-6-4-8-16(13(12)2)19-18(21)14(3)22-17(20)10-9-15-7-5-11-23-15/h5,7,9-14,16H,4,6,8H2,1-3H3,(H,19,21)/b10-9+/t12-,13-,14-,16+/m1/s1. The van der Waals surface area contributed by atoms with Gasteiger partial charge in [0.05, 0.1) is 0 Å². The number of amides is 1. The summed E-state index contributed by atoms with van der Waals surface area (Å²) in [5.41, 5.74) is 0. The van der Waals surface area contributed by atoms with E-state index in [1.165, 1.54) is 23.8 Å². The van der Waals surface area contributed by atoms with Crippen molar-refractivity contribution in [3.63, 3.8) is 0 Å². The SMILES string of the molecule is C[C@@H]1[C@H](C)CCC[C@@H]1NC(=O)[C@@H](C)OC(=O)/C=C/c1cccs1. The second-order valence-corrected chi connectivity index (χ2v) is 7.29. The lowest BCUT2D eigenvalue weighted by Gasteiger charge is -2.35. The fourth-order valence-corrected chi connectivity index (χ4v) is 3.51. The molecule has 23 heavy (non-hydrogen) atoms. The van der Waals surface area contributed by atoms with Gasteiger partial charge in [-0.15, -0.1) is 11.3 Å². The van der Waals surface area contributed by atoms with Crippen LogP contribution >= 0.6 is 11.3 Å². The summed E-state index contributed by atoms with van der Waals surface area (Å²) in [6.07, 6.45) is 5.62. The van der Waals surface area contributed by atoms with Crippen LogP contribution in [0.4, 0.5) is 0 Å². The van der Waals surface area contributed by atoms with E-state index in [1.807, 2.05) is 17.5 Å². The molecular formula is C18H25NO3S. The average molecular weight is 335 g/mol. The van der Waals surface area contributed by atoms with Crippen LogP contribution in [0.2, 0.25) is 0 Å². The first-order valence-electron chi connectivity index (χ1n) is 8.20. The molecule has 0 aliphatic heterocycles. The van der Waals surface area contributed by atoms with Crippen molar-refractivity contribution in [1.82, 2.24) is 5.32 Å². The van der Waals surface area contributed by atoms with Crippen LogP contribution in [0, 0.1) is 11.8 Å². The van der Waals surface area contributed by atoms with E-state index in [0.717, 1.165) is 17.7 Å². The van der Waals surface area contributed by atoms with E-state index in [4.69, 9.17) is 4.74 Å². The largest absolute Gasteiger partial charge is 0.449 e. The van der Waals surface area contributed by atoms with E-state index in [9.17, 15) is 9.59 Å². The van der Waals surface area contributed by atoms with Gasteiger partial charge in [-0.3, -0.25) is 4.79 Å². The van der Waals surface area contributed by atoms with Gasteiger partial charge in [0, 0.05) is 17.0 Å². The minimum Gasteiger partial charge on any atom is -0.449 e. The summed E-state index contributed by atoms with van der Waals surface area (Å²) in [5.74, 6) is 0.356. The first-order chi connectivity index (χ1) is 11.0. The Kier molecular flexibility index (Phi) is 6.39. The highest BCUT2D eigenvalue weighted by atomic mass is 32.1. The van der Waals surface area contributed by atoms with Crippen molar-refractivity contribution >= 4 is 29.3 Å². The van der Waals surface area contributed by atoms with Gasteiger partial charge in [-0.2, -0.15) is 0 Å². The van der Waals surface area contributed by atoms with Gasteiger partial charge in [0.25, 0.3) is 5.91 Å². The molecule has 1 amide bonds. The number of carbonyl (C=O) groups is 2. The third kappa shape index (κ3) is 5.20. The molecule has 2 rings (SSSR count). The summed E-state index contributed by atoms with van der Waals surface area (Å²) in [5, 5.41) is 4.97. The number of thiophene rings is 1. The first kappa shape index (κ1) is 17.7. The lowest BCUT2D eigenvalue weighted by molar-refractivity contribution is -0.150. The molecule has 4 nitrogen and oxygen atoms in total. The Bertz CT molecular complexity index is 553. The number of carbonyl (C=O) groups excluding carboxylic acids is 2. The Morgan fingerprint density at radius 2 is 2.17 bits per heavy atom. The van der Waals surface area contributed by atoms with Crippen molar-refractivity contribution < 1.29 is 14.3 Å². The fraction of sp³-hybridized carbons (Fsp3) is 0.556. The van der Waals surface area contributed by atoms with Crippen LogP contribution in [0.5, 0.6) is 0 Å². The van der Waals surface area contributed by atoms with Gasteiger partial charge < -0.3 is 10.1 Å². The molecule has 1 N–H and O–H groups in total. The molecule has 0 saturated heterocycles. The van der Waals surface area contributed by atoms with E-state index in [2.05, 4.69) is 19.2 Å². The van der Waals surface area contributed by atoms with Crippen LogP contribution in [0.3, 0.4) is 0 Å². The summed E-state index contributed by atoms with van der Waals surface area (Å²) >= 11 is 1.54. The monoisotopic (exact) mass is 335 g/mol. The fourth-order valence-electron chi connectivity index (χ4n) is 2.89. The molecule has 1 aromatic heterocycles. The van der Waals surface area contributed by atoms with E-state index in [-0.39, 0.29) is 11.9 Å². The first-order valence-corrected chi connectivity index (χ1v) is 9.08. The zero-order valence-corrected chi connectivity index (χ0v) is 14.8. The highest BCUT2D eigenvalue weighted by molar-refractivity contribution is 7.10. The predicted octanol–water partition coefficient (Wildman–Crippen LogP) is 3.63. The maximum Gasteiger partial charge on any atom is 0.331 e. The topological polar surface area (TPSA) is 55.4 Å². The molecule has 0 unspecified atom stereocenters. The average Bonchev–Trinajstić information content (AvgIpc) is 3.03. The molecule has 5 heteroatoms. The molecule has 1 heterocycles. The number of hydrogen-bond acceptors (Lipinski definition) is 4. The van der Waals surface area contributed by atoms with Crippen molar-refractivity contribution in [2.75, 3.05) is 0 Å². The summed E-state index contributed by atoms with van der Waals surface area (Å²) in [7, 11) is 0. The van der Waals surface area contributed by atoms with Crippen LogP contribution < -0.4 is 5.32 Å². The molecular weight excluding hydrogens is 310 g/mol. The van der Waals surface area contributed by atoms with E-state index >= 15 is 0 Å². The maximum absolute atomic E-state index is 12.2. The molecule has 1 aliphatic rings. The second-order valence-electron chi connectivity index (χ2n) is 6.31. The quantitative estimate of drug-likeness (QED) is 0.660. The number of ether oxygens (including phenoxy) is 1. The van der Waals surface area contributed by atoms with Crippen molar-refractivity contribution in [2.24, 2.45) is 11.8 Å². The van der Waals surface area contributed by atoms with Gasteiger partial charge in [0.1, 0.15) is 0 Å². The van der Waals surface area contributed by atoms with Crippen molar-refractivity contribution in [2.45, 2.75) is 52.2 Å². The molecule has 1 aromatic rings. The Balaban J connectivity index is 1.81. The Labute approximate surface area is 141 Å². The molecule has 1 fully saturated rings. The molecule has 0 aromatic carbocycles. The van der Waals surface area contributed by atoms with E-state index < -0.39 is 12.1 Å². The highest BCUT2D eigenvalue weighted by Gasteiger charge is 2.29. The summed E-state index contributed by atoms with van der Waals surface area (Å²) in [6, 6.07) is 4.00. The Morgan fingerprint density at radius 1 is 1.39 bits per heavy atom. The molecule has 0 spiro atoms. The van der Waals surface area contributed by atoms with Gasteiger partial charge in [-0.1, -0.05) is 32.8 Å². The molecule has 4 atom stereocenters. The predicted molar refractivity (Wildman–Crippen MR) is 93.0 cm³/mol. The second kappa shape index (κ2) is 8.29. The third-order valence-electron chi connectivity index (χ3n) is 4.62. The minimum absolute atomic E-state index is 0.175.